The van der Waals surface area contributed by atoms with Crippen LogP contribution in [0.2, 0.25) is 0 Å². The summed E-state index contributed by atoms with van der Waals surface area (Å²) in [6.07, 6.45) is 98.1. The summed E-state index contributed by atoms with van der Waals surface area (Å²) in [5, 5.41) is 0. The molecule has 81 heavy (non-hydrogen) atoms. The van der Waals surface area contributed by atoms with E-state index in [1.807, 2.05) is 0 Å². The molecule has 0 N–H and O–H groups in total. The number of ether oxygens (including phenoxy) is 3. The fraction of sp³-hybridized carbons (Fsp3) is 0.613. The maximum absolute atomic E-state index is 12.9. The van der Waals surface area contributed by atoms with E-state index < -0.39 is 6.10 Å². The van der Waals surface area contributed by atoms with Crippen LogP contribution in [0.4, 0.5) is 0 Å². The van der Waals surface area contributed by atoms with E-state index in [9.17, 15) is 14.4 Å². The van der Waals surface area contributed by atoms with Crippen LogP contribution in [-0.4, -0.2) is 37.2 Å². The number of carbonyl (C=O) groups is 3. The molecule has 0 radical (unpaired) electrons. The Labute approximate surface area is 499 Å². The van der Waals surface area contributed by atoms with E-state index in [-0.39, 0.29) is 37.5 Å². The van der Waals surface area contributed by atoms with Gasteiger partial charge in [0.15, 0.2) is 6.10 Å². The molecule has 0 aliphatic heterocycles. The molecule has 0 aromatic rings. The first kappa shape index (κ1) is 76.0. The van der Waals surface area contributed by atoms with E-state index in [0.29, 0.717) is 19.3 Å². The van der Waals surface area contributed by atoms with Crippen LogP contribution in [0.1, 0.15) is 278 Å². The van der Waals surface area contributed by atoms with Gasteiger partial charge in [0, 0.05) is 19.3 Å². The van der Waals surface area contributed by atoms with Gasteiger partial charge in [-0.2, -0.15) is 0 Å². The number of hydrogen-bond donors (Lipinski definition) is 0. The van der Waals surface area contributed by atoms with E-state index in [4.69, 9.17) is 14.2 Å². The molecule has 6 nitrogen and oxygen atoms in total. The first-order valence-electron chi connectivity index (χ1n) is 33.0. The van der Waals surface area contributed by atoms with Gasteiger partial charge in [-0.05, 0) is 148 Å². The molecule has 0 aromatic heterocycles. The second-order valence-electron chi connectivity index (χ2n) is 21.3. The number of hydrogen-bond acceptors (Lipinski definition) is 6. The Balaban J connectivity index is 4.53. The number of allylic oxidation sites excluding steroid dienone is 26. The molecule has 6 heteroatoms. The van der Waals surface area contributed by atoms with E-state index in [2.05, 4.69) is 179 Å². The molecule has 0 saturated heterocycles. The van der Waals surface area contributed by atoms with Gasteiger partial charge < -0.3 is 14.2 Å². The van der Waals surface area contributed by atoms with E-state index in [0.717, 1.165) is 148 Å². The number of unbranched alkanes of at least 4 members (excludes halogenated alkanes) is 21. The Hall–Kier alpha value is -4.97. The van der Waals surface area contributed by atoms with Crippen molar-refractivity contribution in [3.8, 4) is 0 Å². The second kappa shape index (κ2) is 67.5. The van der Waals surface area contributed by atoms with Gasteiger partial charge in [0.1, 0.15) is 13.2 Å². The van der Waals surface area contributed by atoms with Crippen molar-refractivity contribution in [3.05, 3.63) is 158 Å². The molecule has 0 rings (SSSR count). The Kier molecular flexibility index (Phi) is 63.4. The molecule has 0 fully saturated rings. The van der Waals surface area contributed by atoms with Gasteiger partial charge in [0.05, 0.1) is 0 Å². The molecule has 0 saturated carbocycles. The van der Waals surface area contributed by atoms with Crippen LogP contribution < -0.4 is 0 Å². The average Bonchev–Trinajstić information content (AvgIpc) is 3.47. The summed E-state index contributed by atoms with van der Waals surface area (Å²) in [4.78, 5) is 38.4. The monoisotopic (exact) mass is 1120 g/mol. The number of esters is 3. The van der Waals surface area contributed by atoms with Gasteiger partial charge in [-0.3, -0.25) is 14.4 Å². The predicted molar refractivity (Wildman–Crippen MR) is 352 cm³/mol. The predicted octanol–water partition coefficient (Wildman–Crippen LogP) is 22.9. The largest absolute Gasteiger partial charge is 0.462 e. The first-order valence-corrected chi connectivity index (χ1v) is 33.0. The summed E-state index contributed by atoms with van der Waals surface area (Å²) in [5.74, 6) is -0.976. The van der Waals surface area contributed by atoms with Crippen molar-refractivity contribution in [2.45, 2.75) is 284 Å². The van der Waals surface area contributed by atoms with Crippen LogP contribution in [0.3, 0.4) is 0 Å². The quantitative estimate of drug-likeness (QED) is 0.0261. The van der Waals surface area contributed by atoms with Crippen LogP contribution in [0.25, 0.3) is 0 Å². The average molecular weight is 1120 g/mol. The topological polar surface area (TPSA) is 78.9 Å². The summed E-state index contributed by atoms with van der Waals surface area (Å²) < 4.78 is 16.9. The minimum atomic E-state index is -0.821. The van der Waals surface area contributed by atoms with Crippen LogP contribution in [0, 0.1) is 0 Å². The van der Waals surface area contributed by atoms with Crippen molar-refractivity contribution < 1.29 is 28.6 Å². The fourth-order valence-electron chi connectivity index (χ4n) is 8.62. The lowest BCUT2D eigenvalue weighted by Crippen LogP contribution is -2.30. The van der Waals surface area contributed by atoms with Crippen molar-refractivity contribution in [2.75, 3.05) is 13.2 Å². The highest BCUT2D eigenvalue weighted by molar-refractivity contribution is 5.71. The Morgan fingerprint density at radius 3 is 0.778 bits per heavy atom. The van der Waals surface area contributed by atoms with Crippen molar-refractivity contribution in [3.63, 3.8) is 0 Å². The molecule has 1 atom stereocenters. The standard InChI is InChI=1S/C75H120O6/c1-4-7-10-13-16-19-22-25-28-31-34-36-37-39-41-44-47-50-53-56-59-62-65-68-74(77)80-71-72(70-79-73(76)67-64-61-58-55-52-49-46-43-40-33-30-27-24-21-18-15-12-9-6-3)81-75(78)69-66-63-60-57-54-51-48-45-42-38-35-32-29-26-23-20-17-14-11-8-5-2/h8-9,11-12,17-18,20-22,25-27,29-31,34-35,37-40,43,45,48,54,57,72H,4-7,10,13-16,19,23-24,28,32-33,36,41-42,44,46-47,49-53,55-56,58-71H2,1-3H3/b11-8-,12-9-,20-17-,21-18-,25-22-,29-26-,30-27-,34-31-,38-35-,39-37-,43-40-,48-45-,57-54-. The van der Waals surface area contributed by atoms with Gasteiger partial charge in [-0.1, -0.05) is 269 Å². The molecule has 0 aliphatic carbocycles. The maximum atomic E-state index is 12.9. The number of carbonyl (C=O) groups excluding carboxylic acids is 3. The maximum Gasteiger partial charge on any atom is 0.306 e. The Morgan fingerprint density at radius 1 is 0.259 bits per heavy atom. The molecular weight excluding hydrogens is 997 g/mol. The summed E-state index contributed by atoms with van der Waals surface area (Å²) in [6.45, 7) is 6.35. The van der Waals surface area contributed by atoms with Crippen LogP contribution in [0.15, 0.2) is 158 Å². The molecule has 0 spiro atoms. The number of rotatable bonds is 58. The Morgan fingerprint density at radius 2 is 0.481 bits per heavy atom. The van der Waals surface area contributed by atoms with Crippen LogP contribution in [-0.2, 0) is 28.6 Å². The fourth-order valence-corrected chi connectivity index (χ4v) is 8.62. The molecule has 0 aromatic carbocycles. The SMILES string of the molecule is CC/C=C\C/C=C\C/C=C\C/C=C\C/C=C\C/C=C\CCCCC(=O)OC(COC(=O)CCCCCCCC/C=C\C/C=C\C/C=C\C/C=C\CC)COC(=O)CCCCCCCCCC/C=C\C/C=C\C/C=C\CCCCCCC. The third-order valence-corrected chi connectivity index (χ3v) is 13.5. The highest BCUT2D eigenvalue weighted by atomic mass is 16.6. The summed E-state index contributed by atoms with van der Waals surface area (Å²) >= 11 is 0. The minimum absolute atomic E-state index is 0.111. The normalized spacial score (nSPS) is 13.2. The zero-order valence-corrected chi connectivity index (χ0v) is 52.2. The highest BCUT2D eigenvalue weighted by Crippen LogP contribution is 2.14. The van der Waals surface area contributed by atoms with Crippen molar-refractivity contribution in [2.24, 2.45) is 0 Å². The summed E-state index contributed by atoms with van der Waals surface area (Å²) in [6, 6.07) is 0. The first-order chi connectivity index (χ1) is 40.0. The van der Waals surface area contributed by atoms with Gasteiger partial charge in [0.25, 0.3) is 0 Å². The molecular formula is C75H120O6. The Bertz CT molecular complexity index is 1810. The van der Waals surface area contributed by atoms with Gasteiger partial charge >= 0.3 is 17.9 Å². The van der Waals surface area contributed by atoms with E-state index in [1.54, 1.807) is 0 Å². The molecule has 1 unspecified atom stereocenters. The van der Waals surface area contributed by atoms with Crippen molar-refractivity contribution >= 4 is 17.9 Å². The lowest BCUT2D eigenvalue weighted by molar-refractivity contribution is -0.167. The van der Waals surface area contributed by atoms with Gasteiger partial charge in [0.2, 0.25) is 0 Å². The third-order valence-electron chi connectivity index (χ3n) is 13.5. The molecule has 456 valence electrons. The molecule has 0 aliphatic rings. The smallest absolute Gasteiger partial charge is 0.306 e. The van der Waals surface area contributed by atoms with Crippen LogP contribution >= 0.6 is 0 Å². The second-order valence-corrected chi connectivity index (χ2v) is 21.3. The lowest BCUT2D eigenvalue weighted by Gasteiger charge is -2.18. The third kappa shape index (κ3) is 65.7. The zero-order chi connectivity index (χ0) is 58.5. The van der Waals surface area contributed by atoms with E-state index in [1.165, 1.54) is 83.5 Å². The van der Waals surface area contributed by atoms with Crippen LogP contribution in [0.5, 0.6) is 0 Å². The van der Waals surface area contributed by atoms with Crippen molar-refractivity contribution in [1.29, 1.82) is 0 Å². The molecule has 0 heterocycles. The minimum Gasteiger partial charge on any atom is -0.462 e. The summed E-state index contributed by atoms with van der Waals surface area (Å²) in [5.41, 5.74) is 0. The van der Waals surface area contributed by atoms with E-state index >= 15 is 0 Å². The molecule has 0 bridgehead atoms. The highest BCUT2D eigenvalue weighted by Gasteiger charge is 2.19. The van der Waals surface area contributed by atoms with Gasteiger partial charge in [-0.25, -0.2) is 0 Å². The van der Waals surface area contributed by atoms with Crippen molar-refractivity contribution in [1.82, 2.24) is 0 Å². The lowest BCUT2D eigenvalue weighted by atomic mass is 10.1. The zero-order valence-electron chi connectivity index (χ0n) is 52.2. The molecule has 0 amide bonds. The van der Waals surface area contributed by atoms with Gasteiger partial charge in [-0.15, -0.1) is 0 Å². The summed E-state index contributed by atoms with van der Waals surface area (Å²) in [7, 11) is 0.